The monoisotopic (exact) mass is 260 g/mol. The number of carbonyl (C=O) groups is 1. The number of likely N-dealkylation sites (tertiary alicyclic amines) is 1. The van der Waals surface area contributed by atoms with Crippen molar-refractivity contribution in [3.63, 3.8) is 0 Å². The van der Waals surface area contributed by atoms with Gasteiger partial charge in [0.05, 0.1) is 6.04 Å². The third-order valence-corrected chi connectivity index (χ3v) is 3.83. The number of hydrogen-bond donors (Lipinski definition) is 0. The van der Waals surface area contributed by atoms with Crippen LogP contribution < -0.4 is 0 Å². The maximum absolute atomic E-state index is 10.7. The maximum atomic E-state index is 10.7. The standard InChI is InChI=1S/C8H9BrN2OS/c9-8-10-4-7(13-8)6-2-1-3-11(6)5-12/h4-6H,1-3H2. The lowest BCUT2D eigenvalue weighted by atomic mass is 10.2. The molecule has 1 aromatic rings. The van der Waals surface area contributed by atoms with Crippen molar-refractivity contribution in [3.05, 3.63) is 15.0 Å². The van der Waals surface area contributed by atoms with Gasteiger partial charge in [-0.1, -0.05) is 0 Å². The number of nitrogens with zero attached hydrogens (tertiary/aromatic N) is 2. The van der Waals surface area contributed by atoms with Crippen molar-refractivity contribution in [2.75, 3.05) is 6.54 Å². The molecule has 70 valence electrons. The van der Waals surface area contributed by atoms with Crippen LogP contribution in [0.1, 0.15) is 23.8 Å². The van der Waals surface area contributed by atoms with Crippen LogP contribution in [0.4, 0.5) is 0 Å². The van der Waals surface area contributed by atoms with E-state index in [9.17, 15) is 4.79 Å². The van der Waals surface area contributed by atoms with Crippen molar-refractivity contribution >= 4 is 33.7 Å². The molecule has 1 aliphatic rings. The Morgan fingerprint density at radius 1 is 1.77 bits per heavy atom. The molecule has 13 heavy (non-hydrogen) atoms. The minimum Gasteiger partial charge on any atom is -0.337 e. The smallest absolute Gasteiger partial charge is 0.210 e. The summed E-state index contributed by atoms with van der Waals surface area (Å²) in [6.07, 6.45) is 4.94. The highest BCUT2D eigenvalue weighted by atomic mass is 79.9. The molecular formula is C8H9BrN2OS. The summed E-state index contributed by atoms with van der Waals surface area (Å²) >= 11 is 4.93. The van der Waals surface area contributed by atoms with Crippen LogP contribution in [0.2, 0.25) is 0 Å². The van der Waals surface area contributed by atoms with Crippen LogP contribution in [0.15, 0.2) is 10.1 Å². The van der Waals surface area contributed by atoms with Gasteiger partial charge >= 0.3 is 0 Å². The van der Waals surface area contributed by atoms with Crippen LogP contribution >= 0.6 is 27.3 Å². The zero-order valence-electron chi connectivity index (χ0n) is 6.94. The third kappa shape index (κ3) is 1.76. The normalized spacial score (nSPS) is 22.2. The number of halogens is 1. The number of amides is 1. The molecule has 1 fully saturated rings. The summed E-state index contributed by atoms with van der Waals surface area (Å²) in [5.41, 5.74) is 0. The molecule has 0 N–H and O–H groups in total. The highest BCUT2D eigenvalue weighted by Crippen LogP contribution is 2.34. The molecule has 1 saturated heterocycles. The van der Waals surface area contributed by atoms with Crippen molar-refractivity contribution in [1.29, 1.82) is 0 Å². The van der Waals surface area contributed by atoms with E-state index in [2.05, 4.69) is 20.9 Å². The number of hydrogen-bond acceptors (Lipinski definition) is 3. The molecule has 0 aromatic carbocycles. The molecule has 0 aliphatic carbocycles. The molecule has 1 atom stereocenters. The fraction of sp³-hybridized carbons (Fsp3) is 0.500. The van der Waals surface area contributed by atoms with Crippen LogP contribution in [-0.4, -0.2) is 22.8 Å². The minimum absolute atomic E-state index is 0.265. The Morgan fingerprint density at radius 2 is 2.62 bits per heavy atom. The molecule has 5 heteroatoms. The summed E-state index contributed by atoms with van der Waals surface area (Å²) < 4.78 is 0.889. The van der Waals surface area contributed by atoms with Gasteiger partial charge in [-0.3, -0.25) is 4.79 Å². The Kier molecular flexibility index (Phi) is 2.64. The Balaban J connectivity index is 2.20. The molecule has 1 aromatic heterocycles. The molecule has 0 bridgehead atoms. The zero-order chi connectivity index (χ0) is 9.26. The van der Waals surface area contributed by atoms with Gasteiger partial charge in [0.25, 0.3) is 0 Å². The number of rotatable bonds is 2. The predicted octanol–water partition coefficient (Wildman–Crippen LogP) is 2.20. The molecule has 1 aliphatic heterocycles. The van der Waals surface area contributed by atoms with E-state index in [4.69, 9.17) is 0 Å². The van der Waals surface area contributed by atoms with E-state index in [1.807, 2.05) is 11.1 Å². The predicted molar refractivity (Wildman–Crippen MR) is 54.6 cm³/mol. The topological polar surface area (TPSA) is 33.2 Å². The van der Waals surface area contributed by atoms with Crippen molar-refractivity contribution in [3.8, 4) is 0 Å². The lowest BCUT2D eigenvalue weighted by Gasteiger charge is -2.17. The molecule has 0 spiro atoms. The maximum Gasteiger partial charge on any atom is 0.210 e. The summed E-state index contributed by atoms with van der Waals surface area (Å²) in [5, 5.41) is 0. The first kappa shape index (κ1) is 9.15. The van der Waals surface area contributed by atoms with E-state index in [0.717, 1.165) is 29.7 Å². The number of thiazole rings is 1. The lowest BCUT2D eigenvalue weighted by Crippen LogP contribution is -2.20. The van der Waals surface area contributed by atoms with E-state index in [1.54, 1.807) is 11.3 Å². The molecule has 0 saturated carbocycles. The van der Waals surface area contributed by atoms with Crippen LogP contribution in [0.5, 0.6) is 0 Å². The summed E-state index contributed by atoms with van der Waals surface area (Å²) in [7, 11) is 0. The average Bonchev–Trinajstić information content (AvgIpc) is 2.71. The Bertz CT molecular complexity index is 315. The van der Waals surface area contributed by atoms with Gasteiger partial charge < -0.3 is 4.90 Å². The van der Waals surface area contributed by atoms with Crippen LogP contribution in [0, 0.1) is 0 Å². The first-order valence-corrected chi connectivity index (χ1v) is 5.74. The molecule has 2 rings (SSSR count). The number of aromatic nitrogens is 1. The highest BCUT2D eigenvalue weighted by molar-refractivity contribution is 9.11. The van der Waals surface area contributed by atoms with Gasteiger partial charge in [-0.15, -0.1) is 11.3 Å². The second-order valence-corrected chi connectivity index (χ2v) is 5.36. The van der Waals surface area contributed by atoms with Crippen LogP contribution in [-0.2, 0) is 4.79 Å². The Hall–Kier alpha value is -0.420. The molecule has 1 amide bonds. The van der Waals surface area contributed by atoms with Crippen LogP contribution in [0.3, 0.4) is 0 Å². The lowest BCUT2D eigenvalue weighted by molar-refractivity contribution is -0.118. The van der Waals surface area contributed by atoms with Crippen molar-refractivity contribution < 1.29 is 4.79 Å². The van der Waals surface area contributed by atoms with E-state index in [0.29, 0.717) is 0 Å². The van der Waals surface area contributed by atoms with Gasteiger partial charge in [0.15, 0.2) is 3.92 Å². The molecule has 1 unspecified atom stereocenters. The molecular weight excluding hydrogens is 252 g/mol. The first-order chi connectivity index (χ1) is 6.31. The van der Waals surface area contributed by atoms with Gasteiger partial charge in [-0.05, 0) is 28.8 Å². The van der Waals surface area contributed by atoms with E-state index in [-0.39, 0.29) is 6.04 Å². The molecule has 2 heterocycles. The number of carbonyl (C=O) groups excluding carboxylic acids is 1. The van der Waals surface area contributed by atoms with E-state index >= 15 is 0 Å². The summed E-state index contributed by atoms with van der Waals surface area (Å²) in [6, 6.07) is 0.265. The second kappa shape index (κ2) is 3.75. The van der Waals surface area contributed by atoms with Gasteiger partial charge in [0, 0.05) is 17.6 Å². The van der Waals surface area contributed by atoms with Crippen molar-refractivity contribution in [1.82, 2.24) is 9.88 Å². The Morgan fingerprint density at radius 3 is 3.23 bits per heavy atom. The first-order valence-electron chi connectivity index (χ1n) is 4.13. The Labute approximate surface area is 88.9 Å². The van der Waals surface area contributed by atoms with Gasteiger partial charge in [0.1, 0.15) is 0 Å². The molecule has 0 radical (unpaired) electrons. The zero-order valence-corrected chi connectivity index (χ0v) is 9.34. The fourth-order valence-electron chi connectivity index (χ4n) is 1.64. The second-order valence-electron chi connectivity index (χ2n) is 3.02. The van der Waals surface area contributed by atoms with E-state index < -0.39 is 0 Å². The largest absolute Gasteiger partial charge is 0.337 e. The van der Waals surface area contributed by atoms with Crippen LogP contribution in [0.25, 0.3) is 0 Å². The summed E-state index contributed by atoms with van der Waals surface area (Å²) in [4.78, 5) is 17.8. The van der Waals surface area contributed by atoms with Gasteiger partial charge in [-0.2, -0.15) is 0 Å². The van der Waals surface area contributed by atoms with Crippen molar-refractivity contribution in [2.45, 2.75) is 18.9 Å². The quantitative estimate of drug-likeness (QED) is 0.764. The van der Waals surface area contributed by atoms with Gasteiger partial charge in [0.2, 0.25) is 6.41 Å². The third-order valence-electron chi connectivity index (χ3n) is 2.25. The van der Waals surface area contributed by atoms with Crippen molar-refractivity contribution in [2.24, 2.45) is 0 Å². The average molecular weight is 261 g/mol. The fourth-order valence-corrected chi connectivity index (χ4v) is 3.10. The van der Waals surface area contributed by atoms with E-state index in [1.165, 1.54) is 4.88 Å². The summed E-state index contributed by atoms with van der Waals surface area (Å²) in [6.45, 7) is 0.879. The van der Waals surface area contributed by atoms with Gasteiger partial charge in [-0.25, -0.2) is 4.98 Å². The minimum atomic E-state index is 0.265. The molecule has 3 nitrogen and oxygen atoms in total. The highest BCUT2D eigenvalue weighted by Gasteiger charge is 2.25. The SMILES string of the molecule is O=CN1CCCC1c1cnc(Br)s1. The summed E-state index contributed by atoms with van der Waals surface area (Å²) in [5.74, 6) is 0.